The fourth-order valence-electron chi connectivity index (χ4n) is 4.24. The van der Waals surface area contributed by atoms with Crippen molar-refractivity contribution in [1.82, 2.24) is 19.7 Å². The smallest absolute Gasteiger partial charge is 0.378 e. The molecule has 1 amide bonds. The van der Waals surface area contributed by atoms with Gasteiger partial charge in [0, 0.05) is 48.0 Å². The molecule has 0 spiro atoms. The van der Waals surface area contributed by atoms with Gasteiger partial charge in [-0.2, -0.15) is 18.3 Å². The minimum absolute atomic E-state index is 0.0418. The predicted molar refractivity (Wildman–Crippen MR) is 154 cm³/mol. The van der Waals surface area contributed by atoms with Gasteiger partial charge in [0.25, 0.3) is 5.91 Å². The van der Waals surface area contributed by atoms with Crippen LogP contribution in [0.5, 0.6) is 0 Å². The highest BCUT2D eigenvalue weighted by Crippen LogP contribution is 2.32. The molecule has 0 bridgehead atoms. The zero-order valence-corrected chi connectivity index (χ0v) is 24.1. The molecule has 1 aliphatic rings. The van der Waals surface area contributed by atoms with Crippen LogP contribution in [0.1, 0.15) is 48.1 Å². The van der Waals surface area contributed by atoms with E-state index < -0.39 is 17.7 Å². The van der Waals surface area contributed by atoms with E-state index in [-0.39, 0.29) is 28.3 Å². The number of amides is 1. The first-order valence-electron chi connectivity index (χ1n) is 13.0. The van der Waals surface area contributed by atoms with Crippen molar-refractivity contribution in [2.45, 2.75) is 33.9 Å². The number of aromatic nitrogens is 3. The average Bonchev–Trinajstić information content (AvgIpc) is 3.34. The predicted octanol–water partition coefficient (Wildman–Crippen LogP) is 6.69. The normalized spacial score (nSPS) is 14.9. The fraction of sp³-hybridized carbons (Fsp3) is 0.310. The molecule has 1 N–H and O–H groups in total. The molecule has 1 aliphatic heterocycles. The van der Waals surface area contributed by atoms with Crippen LogP contribution in [-0.4, -0.2) is 57.7 Å². The molecule has 1 saturated heterocycles. The molecule has 0 unspecified atom stereocenters. The van der Waals surface area contributed by atoms with E-state index in [9.17, 15) is 22.4 Å². The van der Waals surface area contributed by atoms with Crippen molar-refractivity contribution in [2.75, 3.05) is 31.6 Å². The zero-order chi connectivity index (χ0) is 30.6. The summed E-state index contributed by atoms with van der Waals surface area (Å²) in [5.74, 6) is -0.548. The molecule has 2 aromatic heterocycles. The first kappa shape index (κ1) is 30.9. The van der Waals surface area contributed by atoms with E-state index >= 15 is 0 Å². The number of morpholine rings is 1. The minimum atomic E-state index is -4.69. The van der Waals surface area contributed by atoms with Crippen LogP contribution in [0.15, 0.2) is 59.4 Å². The van der Waals surface area contributed by atoms with E-state index in [1.165, 1.54) is 37.5 Å². The summed E-state index contributed by atoms with van der Waals surface area (Å²) in [6.07, 6.45) is -0.0102. The molecular weight excluding hydrogens is 576 g/mol. The number of nitrogens with one attached hydrogen (secondary N) is 1. The van der Waals surface area contributed by atoms with Gasteiger partial charge in [-0.3, -0.25) is 9.78 Å². The van der Waals surface area contributed by atoms with Crippen molar-refractivity contribution in [1.29, 1.82) is 0 Å². The van der Waals surface area contributed by atoms with Gasteiger partial charge in [0.15, 0.2) is 11.5 Å². The third-order valence-electron chi connectivity index (χ3n) is 6.17. The zero-order valence-electron chi connectivity index (χ0n) is 23.4. The lowest BCUT2D eigenvalue weighted by molar-refractivity contribution is -0.141. The van der Waals surface area contributed by atoms with Gasteiger partial charge in [-0.1, -0.05) is 23.3 Å². The number of nitrogens with zero attached hydrogens (tertiary/aromatic N) is 5. The van der Waals surface area contributed by atoms with E-state index in [0.29, 0.717) is 48.7 Å². The largest absolute Gasteiger partial charge is 0.435 e. The highest BCUT2D eigenvalue weighted by molar-refractivity contribution is 6.31. The summed E-state index contributed by atoms with van der Waals surface area (Å²) in [6, 6.07) is 6.54. The Labute approximate surface area is 245 Å². The van der Waals surface area contributed by atoms with Crippen molar-refractivity contribution >= 4 is 40.4 Å². The second kappa shape index (κ2) is 12.9. The first-order valence-corrected chi connectivity index (χ1v) is 13.3. The lowest BCUT2D eigenvalue weighted by atomic mass is 10.0. The molecule has 8 nitrogen and oxygen atoms in total. The van der Waals surface area contributed by atoms with Crippen molar-refractivity contribution < 1.29 is 27.1 Å². The van der Waals surface area contributed by atoms with Crippen molar-refractivity contribution in [3.63, 3.8) is 0 Å². The van der Waals surface area contributed by atoms with E-state index in [1.807, 2.05) is 13.8 Å². The number of amidine groups is 1. The molecule has 1 aromatic carbocycles. The number of alkyl halides is 3. The van der Waals surface area contributed by atoms with Crippen LogP contribution in [0.25, 0.3) is 11.4 Å². The van der Waals surface area contributed by atoms with Crippen LogP contribution in [0.3, 0.4) is 0 Å². The summed E-state index contributed by atoms with van der Waals surface area (Å²) in [5, 5.41) is 6.72. The van der Waals surface area contributed by atoms with Crippen molar-refractivity contribution in [2.24, 2.45) is 4.99 Å². The third-order valence-corrected chi connectivity index (χ3v) is 6.45. The quantitative estimate of drug-likeness (QED) is 0.147. The number of benzene rings is 1. The van der Waals surface area contributed by atoms with Crippen LogP contribution >= 0.6 is 11.6 Å². The Bertz CT molecular complexity index is 1570. The van der Waals surface area contributed by atoms with Gasteiger partial charge in [-0.05, 0) is 58.0 Å². The van der Waals surface area contributed by atoms with Crippen LogP contribution < -0.4 is 5.32 Å². The standard InChI is InChI=1S/C29H29ClF4N6O2/c1-17(2)11-23(20-13-21(16-35-15-20)28(41)39-7-9-42-10-8-39)27(40-18(3)12-26(38-40)29(32,33)34)37-19(4)36-22-5-6-25(31)24(30)14-22/h5-6,11-16H,7-10H2,1-4H3,(H,36,37)/b27-23-. The number of hydrogen-bond donors (Lipinski definition) is 1. The number of rotatable bonds is 6. The Kier molecular flexibility index (Phi) is 9.47. The molecule has 13 heteroatoms. The summed E-state index contributed by atoms with van der Waals surface area (Å²) in [6.45, 7) is 8.42. The van der Waals surface area contributed by atoms with Gasteiger partial charge in [0.2, 0.25) is 0 Å². The Morgan fingerprint density at radius 2 is 1.79 bits per heavy atom. The highest BCUT2D eigenvalue weighted by atomic mass is 35.5. The number of aryl methyl sites for hydroxylation is 1. The van der Waals surface area contributed by atoms with Crippen molar-refractivity contribution in [3.05, 3.63) is 87.7 Å². The molecule has 0 saturated carbocycles. The van der Waals surface area contributed by atoms with Crippen LogP contribution in [0.4, 0.5) is 23.2 Å². The lowest BCUT2D eigenvalue weighted by Gasteiger charge is -2.26. The Morgan fingerprint density at radius 3 is 2.40 bits per heavy atom. The highest BCUT2D eigenvalue weighted by Gasteiger charge is 2.35. The Hall–Kier alpha value is -4.03. The molecule has 0 radical (unpaired) electrons. The van der Waals surface area contributed by atoms with Gasteiger partial charge in [0.05, 0.1) is 23.8 Å². The van der Waals surface area contributed by atoms with Gasteiger partial charge >= 0.3 is 6.18 Å². The van der Waals surface area contributed by atoms with Gasteiger partial charge in [-0.15, -0.1) is 0 Å². The van der Waals surface area contributed by atoms with Gasteiger partial charge < -0.3 is 15.0 Å². The summed E-state index contributed by atoms with van der Waals surface area (Å²) in [7, 11) is 0. The molecular formula is C29H29ClF4N6O2. The third kappa shape index (κ3) is 7.42. The average molecular weight is 605 g/mol. The summed E-state index contributed by atoms with van der Waals surface area (Å²) >= 11 is 5.91. The second-order valence-electron chi connectivity index (χ2n) is 9.86. The topological polar surface area (TPSA) is 84.6 Å². The van der Waals surface area contributed by atoms with Crippen LogP contribution in [0.2, 0.25) is 5.02 Å². The summed E-state index contributed by atoms with van der Waals surface area (Å²) in [4.78, 5) is 23.8. The number of allylic oxidation sites excluding steroid dienone is 3. The molecule has 42 heavy (non-hydrogen) atoms. The van der Waals surface area contributed by atoms with Crippen LogP contribution in [-0.2, 0) is 10.9 Å². The van der Waals surface area contributed by atoms with E-state index in [4.69, 9.17) is 16.3 Å². The van der Waals surface area contributed by atoms with E-state index in [2.05, 4.69) is 20.4 Å². The number of carbonyl (C=O) groups excluding carboxylic acids is 1. The van der Waals surface area contributed by atoms with Crippen molar-refractivity contribution in [3.8, 4) is 0 Å². The van der Waals surface area contributed by atoms with E-state index in [0.717, 1.165) is 16.3 Å². The SMILES string of the molecule is CC(C)=C/C(=C(\N=C(/C)Nc1ccc(F)c(Cl)c1)n1nc(C(F)(F)F)cc1C)c1cncc(C(=O)N2CCOCC2)c1. The number of anilines is 1. The molecule has 4 rings (SSSR count). The number of hydrogen-bond acceptors (Lipinski definition) is 5. The summed E-state index contributed by atoms with van der Waals surface area (Å²) < 4.78 is 61.1. The first-order chi connectivity index (χ1) is 19.8. The number of halogens is 5. The monoisotopic (exact) mass is 604 g/mol. The lowest BCUT2D eigenvalue weighted by Crippen LogP contribution is -2.40. The number of carbonyl (C=O) groups is 1. The number of pyridine rings is 1. The molecule has 3 aromatic rings. The fourth-order valence-corrected chi connectivity index (χ4v) is 4.42. The van der Waals surface area contributed by atoms with Crippen LogP contribution in [0, 0.1) is 12.7 Å². The Balaban J connectivity index is 1.90. The second-order valence-corrected chi connectivity index (χ2v) is 10.3. The Morgan fingerprint density at radius 1 is 1.10 bits per heavy atom. The molecule has 0 atom stereocenters. The van der Waals surface area contributed by atoms with Gasteiger partial charge in [0.1, 0.15) is 11.7 Å². The molecule has 222 valence electrons. The molecule has 0 aliphatic carbocycles. The van der Waals surface area contributed by atoms with Gasteiger partial charge in [-0.25, -0.2) is 14.1 Å². The number of ether oxygens (including phenoxy) is 1. The maximum atomic E-state index is 13.7. The maximum Gasteiger partial charge on any atom is 0.435 e. The number of aliphatic imine (C=N–C) groups is 1. The summed E-state index contributed by atoms with van der Waals surface area (Å²) in [5.41, 5.74) is 1.42. The maximum absolute atomic E-state index is 13.7. The molecule has 1 fully saturated rings. The van der Waals surface area contributed by atoms with E-state index in [1.54, 1.807) is 24.0 Å². The molecule has 3 heterocycles. The minimum Gasteiger partial charge on any atom is -0.378 e.